The van der Waals surface area contributed by atoms with Gasteiger partial charge in [-0.3, -0.25) is 9.69 Å². The number of hydrogen-bond acceptors (Lipinski definition) is 3. The Balaban J connectivity index is 1.69. The first-order valence-corrected chi connectivity index (χ1v) is 8.19. The van der Waals surface area contributed by atoms with Crippen molar-refractivity contribution in [2.45, 2.75) is 57.7 Å². The van der Waals surface area contributed by atoms with Crippen molar-refractivity contribution in [1.29, 1.82) is 0 Å². The van der Waals surface area contributed by atoms with E-state index < -0.39 is 0 Å². The molecule has 0 bridgehead atoms. The third kappa shape index (κ3) is 2.93. The van der Waals surface area contributed by atoms with Gasteiger partial charge in [-0.1, -0.05) is 13.3 Å². The van der Waals surface area contributed by atoms with E-state index in [0.717, 1.165) is 25.9 Å². The number of anilines is 1. The van der Waals surface area contributed by atoms with Crippen LogP contribution in [0.1, 0.15) is 49.5 Å². The molecule has 3 heterocycles. The van der Waals surface area contributed by atoms with Crippen LogP contribution in [0.15, 0.2) is 12.3 Å². The summed E-state index contributed by atoms with van der Waals surface area (Å²) in [5.41, 5.74) is 7.22. The van der Waals surface area contributed by atoms with Gasteiger partial charge >= 0.3 is 0 Å². The van der Waals surface area contributed by atoms with Gasteiger partial charge in [0.15, 0.2) is 0 Å². The molecule has 2 saturated heterocycles. The van der Waals surface area contributed by atoms with E-state index in [1.165, 1.54) is 25.8 Å². The van der Waals surface area contributed by atoms with Gasteiger partial charge in [0.2, 0.25) is 0 Å². The van der Waals surface area contributed by atoms with Crippen molar-refractivity contribution < 1.29 is 4.79 Å². The lowest BCUT2D eigenvalue weighted by Gasteiger charge is -2.32. The summed E-state index contributed by atoms with van der Waals surface area (Å²) < 4.78 is 1.97. The van der Waals surface area contributed by atoms with Gasteiger partial charge in [-0.25, -0.2) is 0 Å². The third-order valence-corrected chi connectivity index (χ3v) is 4.79. The summed E-state index contributed by atoms with van der Waals surface area (Å²) in [4.78, 5) is 15.1. The number of carbonyl (C=O) groups excluding carboxylic acids is 1. The van der Waals surface area contributed by atoms with Crippen LogP contribution in [0.2, 0.25) is 0 Å². The number of amides is 1. The molecule has 0 saturated carbocycles. The van der Waals surface area contributed by atoms with Crippen LogP contribution in [-0.4, -0.2) is 40.5 Å². The van der Waals surface area contributed by atoms with Gasteiger partial charge in [-0.05, 0) is 38.3 Å². The molecule has 2 aliphatic heterocycles. The number of nitrogens with zero attached hydrogens (tertiary/aromatic N) is 2. The average Bonchev–Trinajstić information content (AvgIpc) is 3.04. The van der Waals surface area contributed by atoms with Crippen molar-refractivity contribution in [2.24, 2.45) is 0 Å². The minimum absolute atomic E-state index is 0.0255. The van der Waals surface area contributed by atoms with Crippen molar-refractivity contribution in [3.05, 3.63) is 18.0 Å². The monoisotopic (exact) mass is 290 g/mol. The Hall–Kier alpha value is -1.49. The number of aryl methyl sites for hydroxylation is 1. The van der Waals surface area contributed by atoms with Gasteiger partial charge in [0.1, 0.15) is 5.69 Å². The molecule has 3 N–H and O–H groups in total. The zero-order valence-corrected chi connectivity index (χ0v) is 12.8. The summed E-state index contributed by atoms with van der Waals surface area (Å²) in [5, 5.41) is 3.25. The Bertz CT molecular complexity index is 510. The Kier molecular flexibility index (Phi) is 4.19. The van der Waals surface area contributed by atoms with Crippen LogP contribution in [0.3, 0.4) is 0 Å². The first-order chi connectivity index (χ1) is 10.2. The molecule has 3 rings (SSSR count). The van der Waals surface area contributed by atoms with Gasteiger partial charge in [0.25, 0.3) is 5.91 Å². The number of nitrogens with one attached hydrogen (secondary N) is 1. The van der Waals surface area contributed by atoms with Crippen LogP contribution < -0.4 is 11.1 Å². The standard InChI is InChI=1S/C16H26N4O/c1-2-7-20-11-12(17)10-15(20)16(21)18-13-6-9-19-8-4-3-5-14(13)19/h10-11,13-14H,2-9,17H2,1H3,(H,18,21). The zero-order chi connectivity index (χ0) is 14.8. The second-order valence-corrected chi connectivity index (χ2v) is 6.32. The van der Waals surface area contributed by atoms with Gasteiger partial charge in [-0.2, -0.15) is 0 Å². The van der Waals surface area contributed by atoms with Gasteiger partial charge in [-0.15, -0.1) is 0 Å². The molecule has 0 spiro atoms. The van der Waals surface area contributed by atoms with Gasteiger partial charge < -0.3 is 15.6 Å². The maximum absolute atomic E-state index is 12.6. The lowest BCUT2D eigenvalue weighted by Crippen LogP contribution is -2.47. The molecule has 5 heteroatoms. The van der Waals surface area contributed by atoms with Crippen molar-refractivity contribution in [3.63, 3.8) is 0 Å². The minimum atomic E-state index is 0.0255. The maximum atomic E-state index is 12.6. The van der Waals surface area contributed by atoms with Gasteiger partial charge in [0.05, 0.1) is 5.69 Å². The van der Waals surface area contributed by atoms with E-state index in [4.69, 9.17) is 5.73 Å². The Morgan fingerprint density at radius 2 is 2.24 bits per heavy atom. The van der Waals surface area contributed by atoms with E-state index in [1.54, 1.807) is 6.07 Å². The number of piperidine rings is 1. The number of hydrogen-bond donors (Lipinski definition) is 2. The van der Waals surface area contributed by atoms with E-state index in [2.05, 4.69) is 17.1 Å². The fourth-order valence-electron chi connectivity index (χ4n) is 3.81. The van der Waals surface area contributed by atoms with Crippen molar-refractivity contribution in [3.8, 4) is 0 Å². The smallest absolute Gasteiger partial charge is 0.268 e. The third-order valence-electron chi connectivity index (χ3n) is 4.79. The quantitative estimate of drug-likeness (QED) is 0.889. The highest BCUT2D eigenvalue weighted by atomic mass is 16.2. The first kappa shape index (κ1) is 14.4. The van der Waals surface area contributed by atoms with Crippen LogP contribution >= 0.6 is 0 Å². The van der Waals surface area contributed by atoms with Gasteiger partial charge in [0, 0.05) is 31.4 Å². The summed E-state index contributed by atoms with van der Waals surface area (Å²) in [5.74, 6) is 0.0255. The lowest BCUT2D eigenvalue weighted by molar-refractivity contribution is 0.0906. The number of nitrogens with two attached hydrogens (primary N) is 1. The molecule has 0 radical (unpaired) electrons. The summed E-state index contributed by atoms with van der Waals surface area (Å²) in [7, 11) is 0. The molecule has 1 aromatic rings. The van der Waals surface area contributed by atoms with Crippen molar-refractivity contribution in [1.82, 2.24) is 14.8 Å². The fraction of sp³-hybridized carbons (Fsp3) is 0.688. The Labute approximate surface area is 126 Å². The Morgan fingerprint density at radius 3 is 3.05 bits per heavy atom. The fourth-order valence-corrected chi connectivity index (χ4v) is 3.81. The molecular weight excluding hydrogens is 264 g/mol. The summed E-state index contributed by atoms with van der Waals surface area (Å²) in [6.07, 6.45) is 7.72. The largest absolute Gasteiger partial charge is 0.397 e. The topological polar surface area (TPSA) is 63.3 Å². The van der Waals surface area contributed by atoms with Crippen molar-refractivity contribution >= 4 is 11.6 Å². The van der Waals surface area contributed by atoms with E-state index in [0.29, 0.717) is 23.5 Å². The van der Waals surface area contributed by atoms with E-state index in [-0.39, 0.29) is 5.91 Å². The molecule has 0 aromatic carbocycles. The molecule has 2 fully saturated rings. The molecule has 2 atom stereocenters. The molecule has 1 amide bonds. The molecule has 116 valence electrons. The van der Waals surface area contributed by atoms with Crippen LogP contribution in [0, 0.1) is 0 Å². The number of rotatable bonds is 4. The second kappa shape index (κ2) is 6.10. The van der Waals surface area contributed by atoms with Crippen LogP contribution in [-0.2, 0) is 6.54 Å². The molecular formula is C16H26N4O. The Morgan fingerprint density at radius 1 is 1.38 bits per heavy atom. The molecule has 2 unspecified atom stereocenters. The number of nitrogen functional groups attached to an aromatic ring is 1. The molecule has 0 aliphatic carbocycles. The maximum Gasteiger partial charge on any atom is 0.268 e. The lowest BCUT2D eigenvalue weighted by atomic mass is 9.99. The average molecular weight is 290 g/mol. The highest BCUT2D eigenvalue weighted by molar-refractivity contribution is 5.94. The number of aromatic nitrogens is 1. The van der Waals surface area contributed by atoms with Crippen molar-refractivity contribution in [2.75, 3.05) is 18.8 Å². The minimum Gasteiger partial charge on any atom is -0.397 e. The van der Waals surface area contributed by atoms with E-state index in [1.807, 2.05) is 10.8 Å². The summed E-state index contributed by atoms with van der Waals surface area (Å²) in [6.45, 7) is 5.25. The predicted molar refractivity (Wildman–Crippen MR) is 84.2 cm³/mol. The van der Waals surface area contributed by atoms with Crippen LogP contribution in [0.25, 0.3) is 0 Å². The number of fused-ring (bicyclic) bond motifs is 1. The highest BCUT2D eigenvalue weighted by Gasteiger charge is 2.36. The summed E-state index contributed by atoms with van der Waals surface area (Å²) in [6, 6.07) is 2.62. The second-order valence-electron chi connectivity index (χ2n) is 6.32. The van der Waals surface area contributed by atoms with Crippen LogP contribution in [0.5, 0.6) is 0 Å². The van der Waals surface area contributed by atoms with Crippen LogP contribution in [0.4, 0.5) is 5.69 Å². The zero-order valence-electron chi connectivity index (χ0n) is 12.8. The molecule has 2 aliphatic rings. The molecule has 1 aromatic heterocycles. The highest BCUT2D eigenvalue weighted by Crippen LogP contribution is 2.27. The summed E-state index contributed by atoms with van der Waals surface area (Å²) >= 11 is 0. The number of carbonyl (C=O) groups is 1. The van der Waals surface area contributed by atoms with E-state index >= 15 is 0 Å². The molecule has 5 nitrogen and oxygen atoms in total. The normalized spacial score (nSPS) is 25.8. The SMILES string of the molecule is CCCn1cc(N)cc1C(=O)NC1CCN2CCCCC12. The molecule has 21 heavy (non-hydrogen) atoms. The predicted octanol–water partition coefficient (Wildman–Crippen LogP) is 1.84. The first-order valence-electron chi connectivity index (χ1n) is 8.19. The van der Waals surface area contributed by atoms with E-state index in [9.17, 15) is 4.79 Å².